The Morgan fingerprint density at radius 3 is 2.83 bits per heavy atom. The first-order chi connectivity index (χ1) is 17.6. The summed E-state index contributed by atoms with van der Waals surface area (Å²) in [7, 11) is 0. The molecule has 2 aromatic rings. The fourth-order valence-electron chi connectivity index (χ4n) is 4.31. The summed E-state index contributed by atoms with van der Waals surface area (Å²) in [6.45, 7) is 3.90. The lowest BCUT2D eigenvalue weighted by atomic mass is 10.1. The summed E-state index contributed by atoms with van der Waals surface area (Å²) in [4.78, 5) is 17.4. The van der Waals surface area contributed by atoms with E-state index in [4.69, 9.17) is 14.2 Å². The lowest BCUT2D eigenvalue weighted by Gasteiger charge is -2.26. The SMILES string of the molecule is O=[N+]([O-])CC(=NCC(O)c1ccc2c(c1)OCO2)NCCCOc1cccc(CN2CCCCC2)c1. The number of fused-ring (bicyclic) bond motifs is 1. The van der Waals surface area contributed by atoms with Crippen LogP contribution in [0.2, 0.25) is 0 Å². The highest BCUT2D eigenvalue weighted by Gasteiger charge is 2.17. The molecule has 1 saturated heterocycles. The Morgan fingerprint density at radius 2 is 2.00 bits per heavy atom. The van der Waals surface area contributed by atoms with Gasteiger partial charge in [0.1, 0.15) is 5.75 Å². The van der Waals surface area contributed by atoms with Crippen LogP contribution < -0.4 is 19.5 Å². The number of nitrogens with one attached hydrogen (secondary N) is 1. The number of likely N-dealkylation sites (tertiary alicyclic amines) is 1. The van der Waals surface area contributed by atoms with Gasteiger partial charge in [0.05, 0.1) is 19.3 Å². The summed E-state index contributed by atoms with van der Waals surface area (Å²) in [5, 5.41) is 24.6. The zero-order valence-corrected chi connectivity index (χ0v) is 20.4. The minimum absolute atomic E-state index is 0.00384. The van der Waals surface area contributed by atoms with E-state index in [0.29, 0.717) is 36.6 Å². The van der Waals surface area contributed by atoms with Gasteiger partial charge in [-0.3, -0.25) is 20.0 Å². The number of rotatable bonds is 12. The molecular formula is C26H34N4O6. The largest absolute Gasteiger partial charge is 0.494 e. The van der Waals surface area contributed by atoms with Crippen LogP contribution in [0.1, 0.15) is 42.9 Å². The Hall–Kier alpha value is -3.37. The number of hydrogen-bond donors (Lipinski definition) is 2. The molecule has 2 aliphatic rings. The van der Waals surface area contributed by atoms with Gasteiger partial charge < -0.3 is 24.6 Å². The van der Waals surface area contributed by atoms with Gasteiger partial charge >= 0.3 is 0 Å². The lowest BCUT2D eigenvalue weighted by Crippen LogP contribution is -2.32. The second-order valence-electron chi connectivity index (χ2n) is 9.02. The van der Waals surface area contributed by atoms with E-state index in [2.05, 4.69) is 27.3 Å². The maximum atomic E-state index is 11.1. The molecular weight excluding hydrogens is 464 g/mol. The molecule has 1 unspecified atom stereocenters. The smallest absolute Gasteiger partial charge is 0.259 e. The predicted molar refractivity (Wildman–Crippen MR) is 135 cm³/mol. The van der Waals surface area contributed by atoms with Crippen molar-refractivity contribution in [3.05, 3.63) is 63.7 Å². The van der Waals surface area contributed by atoms with Crippen molar-refractivity contribution in [1.82, 2.24) is 10.2 Å². The molecule has 0 aromatic heterocycles. The van der Waals surface area contributed by atoms with Crippen molar-refractivity contribution in [3.63, 3.8) is 0 Å². The highest BCUT2D eigenvalue weighted by molar-refractivity contribution is 5.83. The van der Waals surface area contributed by atoms with Crippen LogP contribution in [-0.2, 0) is 6.54 Å². The van der Waals surface area contributed by atoms with Crippen molar-refractivity contribution in [2.75, 3.05) is 46.1 Å². The molecule has 194 valence electrons. The maximum Gasteiger partial charge on any atom is 0.259 e. The van der Waals surface area contributed by atoms with Gasteiger partial charge in [0.15, 0.2) is 17.3 Å². The number of nitrogens with zero attached hydrogens (tertiary/aromatic N) is 3. The van der Waals surface area contributed by atoms with Crippen molar-refractivity contribution in [1.29, 1.82) is 0 Å². The second-order valence-corrected chi connectivity index (χ2v) is 9.02. The summed E-state index contributed by atoms with van der Waals surface area (Å²) >= 11 is 0. The molecule has 36 heavy (non-hydrogen) atoms. The van der Waals surface area contributed by atoms with Gasteiger partial charge in [-0.1, -0.05) is 24.6 Å². The molecule has 2 heterocycles. The molecule has 1 atom stereocenters. The summed E-state index contributed by atoms with van der Waals surface area (Å²) in [5.74, 6) is 2.25. The number of aliphatic hydroxyl groups is 1. The van der Waals surface area contributed by atoms with Gasteiger partial charge in [-0.15, -0.1) is 0 Å². The summed E-state index contributed by atoms with van der Waals surface area (Å²) in [5.41, 5.74) is 1.85. The molecule has 0 radical (unpaired) electrons. The first-order valence-electron chi connectivity index (χ1n) is 12.5. The van der Waals surface area contributed by atoms with E-state index in [-0.39, 0.29) is 19.2 Å². The fraction of sp³-hybridized carbons (Fsp3) is 0.500. The number of hydrogen-bond acceptors (Lipinski definition) is 8. The Morgan fingerprint density at radius 1 is 1.17 bits per heavy atom. The van der Waals surface area contributed by atoms with E-state index in [9.17, 15) is 15.2 Å². The number of benzene rings is 2. The molecule has 2 aromatic carbocycles. The monoisotopic (exact) mass is 498 g/mol. The van der Waals surface area contributed by atoms with E-state index in [1.54, 1.807) is 18.2 Å². The first kappa shape index (κ1) is 25.7. The Labute approximate surface area is 211 Å². The molecule has 1 fully saturated rings. The molecule has 10 nitrogen and oxygen atoms in total. The van der Waals surface area contributed by atoms with Crippen LogP contribution >= 0.6 is 0 Å². The third-order valence-electron chi connectivity index (χ3n) is 6.19. The Balaban J connectivity index is 1.21. The van der Waals surface area contributed by atoms with Crippen LogP contribution in [0.3, 0.4) is 0 Å². The standard InChI is InChI=1S/C26H34N4O6/c31-23(21-8-9-24-25(15-21)36-19-35-24)16-28-26(18-30(32)33)27-10-5-13-34-22-7-4-6-20(14-22)17-29-11-2-1-3-12-29/h4,6-9,14-15,23,31H,1-3,5,10-13,16-19H2,(H,27,28). The highest BCUT2D eigenvalue weighted by atomic mass is 16.7. The molecule has 0 spiro atoms. The van der Waals surface area contributed by atoms with Crippen LogP contribution in [0.5, 0.6) is 17.2 Å². The molecule has 0 aliphatic carbocycles. The van der Waals surface area contributed by atoms with Gasteiger partial charge in [0.2, 0.25) is 6.79 Å². The third kappa shape index (κ3) is 7.82. The van der Waals surface area contributed by atoms with Gasteiger partial charge in [-0.25, -0.2) is 0 Å². The van der Waals surface area contributed by atoms with E-state index >= 15 is 0 Å². The van der Waals surface area contributed by atoms with Crippen molar-refractivity contribution in [3.8, 4) is 17.2 Å². The van der Waals surface area contributed by atoms with Gasteiger partial charge in [0.25, 0.3) is 6.54 Å². The zero-order chi connectivity index (χ0) is 25.2. The minimum atomic E-state index is -0.913. The highest BCUT2D eigenvalue weighted by Crippen LogP contribution is 2.34. The topological polar surface area (TPSA) is 119 Å². The first-order valence-corrected chi connectivity index (χ1v) is 12.5. The Kier molecular flexibility index (Phi) is 9.34. The number of ether oxygens (including phenoxy) is 3. The Bertz CT molecular complexity index is 1040. The summed E-state index contributed by atoms with van der Waals surface area (Å²) in [6, 6.07) is 13.3. The zero-order valence-electron chi connectivity index (χ0n) is 20.4. The normalized spacial score (nSPS) is 16.5. The van der Waals surface area contributed by atoms with Crippen molar-refractivity contribution < 1.29 is 24.2 Å². The molecule has 10 heteroatoms. The van der Waals surface area contributed by atoms with Gasteiger partial charge in [-0.2, -0.15) is 0 Å². The summed E-state index contributed by atoms with van der Waals surface area (Å²) < 4.78 is 16.5. The third-order valence-corrected chi connectivity index (χ3v) is 6.19. The number of nitro groups is 1. The van der Waals surface area contributed by atoms with Crippen molar-refractivity contribution in [2.45, 2.75) is 38.3 Å². The molecule has 2 aliphatic heterocycles. The van der Waals surface area contributed by atoms with Gasteiger partial charge in [-0.05, 0) is 67.7 Å². The number of amidine groups is 1. The van der Waals surface area contributed by atoms with Gasteiger partial charge in [0, 0.05) is 18.0 Å². The fourth-order valence-corrected chi connectivity index (χ4v) is 4.31. The van der Waals surface area contributed by atoms with Crippen LogP contribution in [0.4, 0.5) is 0 Å². The van der Waals surface area contributed by atoms with Crippen LogP contribution in [0, 0.1) is 10.1 Å². The van der Waals surface area contributed by atoms with E-state index in [1.165, 1.54) is 24.8 Å². The second kappa shape index (κ2) is 13.1. The number of piperidine rings is 1. The van der Waals surface area contributed by atoms with E-state index in [1.807, 2.05) is 12.1 Å². The average Bonchev–Trinajstić information content (AvgIpc) is 3.35. The molecule has 0 amide bonds. The van der Waals surface area contributed by atoms with Crippen LogP contribution in [-0.4, -0.2) is 66.9 Å². The molecule has 0 bridgehead atoms. The number of aliphatic imine (C=N–C) groups is 1. The number of aliphatic hydroxyl groups excluding tert-OH is 1. The minimum Gasteiger partial charge on any atom is -0.494 e. The van der Waals surface area contributed by atoms with E-state index in [0.717, 1.165) is 25.4 Å². The molecule has 4 rings (SSSR count). The quantitative estimate of drug-likeness (QED) is 0.151. The average molecular weight is 499 g/mol. The van der Waals surface area contributed by atoms with Crippen LogP contribution in [0.25, 0.3) is 0 Å². The maximum absolute atomic E-state index is 11.1. The van der Waals surface area contributed by atoms with Crippen molar-refractivity contribution >= 4 is 5.84 Å². The molecule has 0 saturated carbocycles. The lowest BCUT2D eigenvalue weighted by molar-refractivity contribution is -0.463. The predicted octanol–water partition coefficient (Wildman–Crippen LogP) is 3.17. The molecule has 2 N–H and O–H groups in total. The van der Waals surface area contributed by atoms with Crippen LogP contribution in [0.15, 0.2) is 47.5 Å². The summed E-state index contributed by atoms with van der Waals surface area (Å²) in [6.07, 6.45) is 3.59. The van der Waals surface area contributed by atoms with Crippen molar-refractivity contribution in [2.24, 2.45) is 4.99 Å². The van der Waals surface area contributed by atoms with E-state index < -0.39 is 17.6 Å².